The quantitative estimate of drug-likeness (QED) is 0.785. The number of carboxylic acids is 1. The summed E-state index contributed by atoms with van der Waals surface area (Å²) in [6.45, 7) is 0. The van der Waals surface area contributed by atoms with Gasteiger partial charge in [-0.25, -0.2) is 4.39 Å². The number of hydrogen-bond donors (Lipinski definition) is 2. The van der Waals surface area contributed by atoms with Crippen molar-refractivity contribution >= 4 is 5.97 Å². The third-order valence-corrected chi connectivity index (χ3v) is 2.82. The summed E-state index contributed by atoms with van der Waals surface area (Å²) in [6, 6.07) is 2.54. The molecule has 0 bridgehead atoms. The third-order valence-electron chi connectivity index (χ3n) is 2.82. The first-order chi connectivity index (χ1) is 7.08. The summed E-state index contributed by atoms with van der Waals surface area (Å²) in [6.07, 6.45) is 1.19. The van der Waals surface area contributed by atoms with Crippen LogP contribution >= 0.6 is 0 Å². The number of phenols is 1. The Morgan fingerprint density at radius 1 is 1.53 bits per heavy atom. The van der Waals surface area contributed by atoms with E-state index in [2.05, 4.69) is 0 Å². The number of halogens is 1. The maximum Gasteiger partial charge on any atom is 0.303 e. The molecule has 0 fully saturated rings. The van der Waals surface area contributed by atoms with Crippen LogP contribution in [0.4, 0.5) is 4.39 Å². The van der Waals surface area contributed by atoms with Gasteiger partial charge in [0.15, 0.2) is 0 Å². The molecule has 0 aromatic heterocycles. The molecule has 0 aliphatic heterocycles. The lowest BCUT2D eigenvalue weighted by atomic mass is 9.97. The number of fused-ring (bicyclic) bond motifs is 1. The minimum absolute atomic E-state index is 0.00407. The van der Waals surface area contributed by atoms with Crippen LogP contribution in [0.2, 0.25) is 0 Å². The van der Waals surface area contributed by atoms with E-state index in [4.69, 9.17) is 5.11 Å². The van der Waals surface area contributed by atoms with Gasteiger partial charge in [0, 0.05) is 6.07 Å². The molecule has 2 N–H and O–H groups in total. The van der Waals surface area contributed by atoms with Crippen molar-refractivity contribution in [3.8, 4) is 5.75 Å². The minimum Gasteiger partial charge on any atom is -0.508 e. The summed E-state index contributed by atoms with van der Waals surface area (Å²) in [4.78, 5) is 10.6. The highest BCUT2D eigenvalue weighted by molar-refractivity contribution is 5.68. The number of benzene rings is 1. The Morgan fingerprint density at radius 2 is 2.27 bits per heavy atom. The highest BCUT2D eigenvalue weighted by Gasteiger charge is 2.27. The topological polar surface area (TPSA) is 57.5 Å². The number of aliphatic carboxylic acids is 1. The molecule has 1 atom stereocenters. The molecule has 2 rings (SSSR count). The van der Waals surface area contributed by atoms with Crippen molar-refractivity contribution in [3.63, 3.8) is 0 Å². The SMILES string of the molecule is O=C(O)CC1CCc2c(F)cc(O)cc21. The highest BCUT2D eigenvalue weighted by Crippen LogP contribution is 2.38. The molecule has 4 heteroatoms. The molecule has 1 unspecified atom stereocenters. The molecule has 0 saturated carbocycles. The predicted octanol–water partition coefficient (Wildman–Crippen LogP) is 2.04. The maximum absolute atomic E-state index is 13.4. The van der Waals surface area contributed by atoms with Crippen molar-refractivity contribution in [2.24, 2.45) is 0 Å². The van der Waals surface area contributed by atoms with E-state index in [9.17, 15) is 14.3 Å². The Hall–Kier alpha value is -1.58. The summed E-state index contributed by atoms with van der Waals surface area (Å²) in [5, 5.41) is 17.9. The molecule has 15 heavy (non-hydrogen) atoms. The Morgan fingerprint density at radius 3 is 2.93 bits per heavy atom. The summed E-state index contributed by atoms with van der Waals surface area (Å²) in [5.41, 5.74) is 1.20. The molecule has 3 nitrogen and oxygen atoms in total. The van der Waals surface area contributed by atoms with E-state index in [0.717, 1.165) is 6.07 Å². The van der Waals surface area contributed by atoms with Crippen molar-refractivity contribution < 1.29 is 19.4 Å². The van der Waals surface area contributed by atoms with E-state index in [0.29, 0.717) is 24.0 Å². The van der Waals surface area contributed by atoms with Crippen molar-refractivity contribution in [3.05, 3.63) is 29.1 Å². The van der Waals surface area contributed by atoms with Crippen LogP contribution < -0.4 is 0 Å². The van der Waals surface area contributed by atoms with Gasteiger partial charge in [-0.3, -0.25) is 4.79 Å². The monoisotopic (exact) mass is 210 g/mol. The molecule has 1 aromatic carbocycles. The zero-order valence-electron chi connectivity index (χ0n) is 8.03. The molecule has 1 aliphatic carbocycles. The van der Waals surface area contributed by atoms with Crippen LogP contribution in [-0.2, 0) is 11.2 Å². The number of carboxylic acid groups (broad SMARTS) is 1. The van der Waals surface area contributed by atoms with Gasteiger partial charge in [-0.05, 0) is 36.0 Å². The Balaban J connectivity index is 2.37. The lowest BCUT2D eigenvalue weighted by Gasteiger charge is -2.08. The number of phenolic OH excluding ortho intramolecular Hbond substituents is 1. The molecule has 0 saturated heterocycles. The standard InChI is InChI=1S/C11H11FO3/c12-10-5-7(13)4-9-6(3-11(14)15)1-2-8(9)10/h4-6,13H,1-3H2,(H,14,15). The van der Waals surface area contributed by atoms with Gasteiger partial charge >= 0.3 is 5.97 Å². The summed E-state index contributed by atoms with van der Waals surface area (Å²) >= 11 is 0. The molecular weight excluding hydrogens is 199 g/mol. The zero-order valence-corrected chi connectivity index (χ0v) is 8.03. The van der Waals surface area contributed by atoms with E-state index in [1.54, 1.807) is 0 Å². The number of aromatic hydroxyl groups is 1. The van der Waals surface area contributed by atoms with Crippen LogP contribution in [0.15, 0.2) is 12.1 Å². The molecule has 0 amide bonds. The van der Waals surface area contributed by atoms with Crippen LogP contribution in [-0.4, -0.2) is 16.2 Å². The van der Waals surface area contributed by atoms with Crippen molar-refractivity contribution in [2.75, 3.05) is 0 Å². The average Bonchev–Trinajstić information content (AvgIpc) is 2.48. The second-order valence-electron chi connectivity index (χ2n) is 3.83. The van der Waals surface area contributed by atoms with E-state index in [1.165, 1.54) is 6.07 Å². The predicted molar refractivity (Wildman–Crippen MR) is 51.4 cm³/mol. The van der Waals surface area contributed by atoms with E-state index in [1.807, 2.05) is 0 Å². The zero-order chi connectivity index (χ0) is 11.0. The molecule has 80 valence electrons. The second-order valence-corrected chi connectivity index (χ2v) is 3.83. The van der Waals surface area contributed by atoms with Crippen LogP contribution in [0.3, 0.4) is 0 Å². The third kappa shape index (κ3) is 1.79. The van der Waals surface area contributed by atoms with Crippen LogP contribution in [0.5, 0.6) is 5.75 Å². The summed E-state index contributed by atoms with van der Waals surface area (Å²) in [5.74, 6) is -1.63. The highest BCUT2D eigenvalue weighted by atomic mass is 19.1. The summed E-state index contributed by atoms with van der Waals surface area (Å²) < 4.78 is 13.4. The Labute approximate surface area is 86.2 Å². The van der Waals surface area contributed by atoms with Gasteiger partial charge in [0.2, 0.25) is 0 Å². The van der Waals surface area contributed by atoms with Gasteiger partial charge in [0.05, 0.1) is 6.42 Å². The number of hydrogen-bond acceptors (Lipinski definition) is 2. The van der Waals surface area contributed by atoms with E-state index in [-0.39, 0.29) is 18.1 Å². The van der Waals surface area contributed by atoms with Crippen LogP contribution in [0.25, 0.3) is 0 Å². The maximum atomic E-state index is 13.4. The van der Waals surface area contributed by atoms with Crippen molar-refractivity contribution in [1.82, 2.24) is 0 Å². The van der Waals surface area contributed by atoms with Gasteiger partial charge < -0.3 is 10.2 Å². The molecule has 0 spiro atoms. The van der Waals surface area contributed by atoms with Crippen molar-refractivity contribution in [1.29, 1.82) is 0 Å². The first-order valence-electron chi connectivity index (χ1n) is 4.81. The summed E-state index contributed by atoms with van der Waals surface area (Å²) in [7, 11) is 0. The molecular formula is C11H11FO3. The first kappa shape index (κ1) is 9.96. The fraction of sp³-hybridized carbons (Fsp3) is 0.364. The Bertz CT molecular complexity index is 415. The van der Waals surface area contributed by atoms with Gasteiger partial charge in [0.1, 0.15) is 11.6 Å². The lowest BCUT2D eigenvalue weighted by molar-refractivity contribution is -0.137. The Kier molecular flexibility index (Phi) is 2.34. The molecule has 0 heterocycles. The number of carbonyl (C=O) groups is 1. The lowest BCUT2D eigenvalue weighted by Crippen LogP contribution is -2.03. The normalized spacial score (nSPS) is 18.9. The van der Waals surface area contributed by atoms with Gasteiger partial charge in [-0.2, -0.15) is 0 Å². The molecule has 0 radical (unpaired) electrons. The number of rotatable bonds is 2. The second kappa shape index (κ2) is 3.53. The van der Waals surface area contributed by atoms with Gasteiger partial charge in [-0.15, -0.1) is 0 Å². The van der Waals surface area contributed by atoms with E-state index < -0.39 is 11.8 Å². The van der Waals surface area contributed by atoms with Crippen LogP contribution in [0, 0.1) is 5.82 Å². The van der Waals surface area contributed by atoms with Crippen molar-refractivity contribution in [2.45, 2.75) is 25.2 Å². The molecule has 1 aromatic rings. The minimum atomic E-state index is -0.892. The molecule has 1 aliphatic rings. The van der Waals surface area contributed by atoms with Gasteiger partial charge in [-0.1, -0.05) is 0 Å². The first-order valence-corrected chi connectivity index (χ1v) is 4.81. The largest absolute Gasteiger partial charge is 0.508 e. The van der Waals surface area contributed by atoms with Gasteiger partial charge in [0.25, 0.3) is 0 Å². The van der Waals surface area contributed by atoms with Crippen LogP contribution in [0.1, 0.15) is 29.9 Å². The fourth-order valence-corrected chi connectivity index (χ4v) is 2.17. The smallest absolute Gasteiger partial charge is 0.303 e. The fourth-order valence-electron chi connectivity index (χ4n) is 2.17. The average molecular weight is 210 g/mol. The van der Waals surface area contributed by atoms with E-state index >= 15 is 0 Å².